The van der Waals surface area contributed by atoms with Gasteiger partial charge < -0.3 is 25.4 Å². The number of ether oxygens (including phenoxy) is 2. The second kappa shape index (κ2) is 9.36. The Labute approximate surface area is 190 Å². The van der Waals surface area contributed by atoms with Crippen LogP contribution in [0.2, 0.25) is 5.02 Å². The molecule has 2 aromatic heterocycles. The maximum Gasteiger partial charge on any atom is 0.205 e. The second-order valence-electron chi connectivity index (χ2n) is 7.67. The molecule has 1 aliphatic heterocycles. The Hall–Kier alpha value is -2.81. The zero-order chi connectivity index (χ0) is 22.8. The number of nitrogens with two attached hydrogens (primary N) is 2. The van der Waals surface area contributed by atoms with Crippen molar-refractivity contribution >= 4 is 34.0 Å². The summed E-state index contributed by atoms with van der Waals surface area (Å²) in [6.07, 6.45) is 5.77. The third kappa shape index (κ3) is 4.13. The van der Waals surface area contributed by atoms with E-state index in [4.69, 9.17) is 37.0 Å². The number of benzene rings is 1. The molecule has 170 valence electrons. The summed E-state index contributed by atoms with van der Waals surface area (Å²) in [5, 5.41) is 0.738. The molecular formula is C23H26ClFN4O3. The number of fused-ring (bicyclic) bond motifs is 1. The molecule has 4 rings (SSSR count). The van der Waals surface area contributed by atoms with Gasteiger partial charge in [-0.15, -0.1) is 0 Å². The fourth-order valence-electron chi connectivity index (χ4n) is 4.03. The lowest BCUT2D eigenvalue weighted by atomic mass is 9.99. The van der Waals surface area contributed by atoms with Crippen LogP contribution in [0.25, 0.3) is 16.5 Å². The van der Waals surface area contributed by atoms with E-state index >= 15 is 0 Å². The molecule has 0 spiro atoms. The van der Waals surface area contributed by atoms with Gasteiger partial charge in [0.1, 0.15) is 17.7 Å². The van der Waals surface area contributed by atoms with Crippen molar-refractivity contribution in [2.45, 2.75) is 19.4 Å². The molecule has 0 amide bonds. The van der Waals surface area contributed by atoms with Crippen molar-refractivity contribution in [3.05, 3.63) is 52.6 Å². The summed E-state index contributed by atoms with van der Waals surface area (Å²) in [5.41, 5.74) is 14.8. The van der Waals surface area contributed by atoms with Gasteiger partial charge in [0.15, 0.2) is 11.4 Å². The average molecular weight is 461 g/mol. The van der Waals surface area contributed by atoms with Crippen molar-refractivity contribution in [3.63, 3.8) is 0 Å². The van der Waals surface area contributed by atoms with Crippen LogP contribution in [0, 0.1) is 5.82 Å². The molecule has 0 unspecified atom stereocenters. The normalized spacial score (nSPS) is 15.6. The number of nitrogens with zero attached hydrogens (tertiary/aromatic N) is 2. The van der Waals surface area contributed by atoms with Crippen LogP contribution in [-0.2, 0) is 0 Å². The second-order valence-corrected chi connectivity index (χ2v) is 8.05. The van der Waals surface area contributed by atoms with Crippen LogP contribution in [-0.4, -0.2) is 43.2 Å². The average Bonchev–Trinajstić information content (AvgIpc) is 3.22. The molecule has 1 aromatic carbocycles. The Morgan fingerprint density at radius 3 is 2.88 bits per heavy atom. The smallest absolute Gasteiger partial charge is 0.205 e. The number of rotatable bonds is 7. The van der Waals surface area contributed by atoms with E-state index in [0.29, 0.717) is 23.4 Å². The number of methoxy groups -OCH3 is 1. The van der Waals surface area contributed by atoms with Crippen LogP contribution >= 0.6 is 11.6 Å². The molecule has 1 atom stereocenters. The Morgan fingerprint density at radius 1 is 1.38 bits per heavy atom. The number of anilines is 1. The zero-order valence-electron chi connectivity index (χ0n) is 18.0. The van der Waals surface area contributed by atoms with Gasteiger partial charge in [0, 0.05) is 37.9 Å². The summed E-state index contributed by atoms with van der Waals surface area (Å²) in [4.78, 5) is 6.61. The Balaban J connectivity index is 1.68. The molecule has 7 nitrogen and oxygen atoms in total. The first-order valence-corrected chi connectivity index (χ1v) is 10.8. The highest BCUT2D eigenvalue weighted by atomic mass is 35.5. The van der Waals surface area contributed by atoms with Crippen LogP contribution in [0.3, 0.4) is 0 Å². The van der Waals surface area contributed by atoms with E-state index in [-0.39, 0.29) is 16.6 Å². The van der Waals surface area contributed by atoms with E-state index in [9.17, 15) is 4.39 Å². The number of aromatic nitrogens is 1. The molecule has 4 N–H and O–H groups in total. The molecule has 3 aromatic rings. The van der Waals surface area contributed by atoms with Crippen molar-refractivity contribution < 1.29 is 18.3 Å². The van der Waals surface area contributed by atoms with Gasteiger partial charge in [-0.2, -0.15) is 0 Å². The van der Waals surface area contributed by atoms with Crippen LogP contribution < -0.4 is 20.9 Å². The number of halogens is 2. The molecule has 1 aliphatic rings. The molecule has 0 aliphatic carbocycles. The van der Waals surface area contributed by atoms with Crippen LogP contribution in [0.1, 0.15) is 30.6 Å². The molecule has 0 radical (unpaired) electrons. The highest BCUT2D eigenvalue weighted by Gasteiger charge is 2.25. The minimum atomic E-state index is -0.671. The number of hydrogen-bond donors (Lipinski definition) is 2. The van der Waals surface area contributed by atoms with Crippen LogP contribution in [0.15, 0.2) is 35.1 Å². The van der Waals surface area contributed by atoms with Crippen LogP contribution in [0.5, 0.6) is 11.5 Å². The molecule has 0 fully saturated rings. The minimum Gasteiger partial charge on any atom is -0.496 e. The van der Waals surface area contributed by atoms with Crippen LogP contribution in [0.4, 0.5) is 10.2 Å². The van der Waals surface area contributed by atoms with Gasteiger partial charge in [0.25, 0.3) is 0 Å². The van der Waals surface area contributed by atoms with Gasteiger partial charge in [0.05, 0.1) is 29.3 Å². The van der Waals surface area contributed by atoms with E-state index in [2.05, 4.69) is 16.0 Å². The van der Waals surface area contributed by atoms with E-state index in [1.165, 1.54) is 24.8 Å². The topological polar surface area (TPSA) is 99.8 Å². The fourth-order valence-corrected chi connectivity index (χ4v) is 4.34. The first-order valence-electron chi connectivity index (χ1n) is 10.4. The largest absolute Gasteiger partial charge is 0.496 e. The quantitative estimate of drug-likeness (QED) is 0.539. The SMILES string of the molecule is COc1ccc(F)c(Cl)c1[C@@H](C)Oc1c(N)ncc2c(C3=CCN(CCN)CC3)coc12. The van der Waals surface area contributed by atoms with Gasteiger partial charge >= 0.3 is 0 Å². The Bertz CT molecular complexity index is 1160. The van der Waals surface area contributed by atoms with Gasteiger partial charge in [-0.25, -0.2) is 9.37 Å². The van der Waals surface area contributed by atoms with Crippen molar-refractivity contribution in [2.75, 3.05) is 39.0 Å². The monoisotopic (exact) mass is 460 g/mol. The van der Waals surface area contributed by atoms with Gasteiger partial charge in [-0.1, -0.05) is 17.7 Å². The van der Waals surface area contributed by atoms with E-state index in [1.807, 2.05) is 0 Å². The Kier molecular flexibility index (Phi) is 6.55. The molecular weight excluding hydrogens is 435 g/mol. The van der Waals surface area contributed by atoms with E-state index in [1.54, 1.807) is 19.4 Å². The summed E-state index contributed by atoms with van der Waals surface area (Å²) >= 11 is 6.21. The lowest BCUT2D eigenvalue weighted by molar-refractivity contribution is 0.221. The van der Waals surface area contributed by atoms with Gasteiger partial charge in [0.2, 0.25) is 5.75 Å². The molecule has 0 bridgehead atoms. The van der Waals surface area contributed by atoms with Gasteiger partial charge in [-0.3, -0.25) is 4.90 Å². The number of pyridine rings is 1. The lowest BCUT2D eigenvalue weighted by Crippen LogP contribution is -2.33. The summed E-state index contributed by atoms with van der Waals surface area (Å²) < 4.78 is 31.4. The fraction of sp³-hybridized carbons (Fsp3) is 0.348. The van der Waals surface area contributed by atoms with Crippen molar-refractivity contribution in [1.82, 2.24) is 9.88 Å². The first kappa shape index (κ1) is 22.4. The highest BCUT2D eigenvalue weighted by molar-refractivity contribution is 6.31. The summed E-state index contributed by atoms with van der Waals surface area (Å²) in [6, 6.07) is 2.76. The van der Waals surface area contributed by atoms with E-state index in [0.717, 1.165) is 37.0 Å². The summed E-state index contributed by atoms with van der Waals surface area (Å²) in [5.74, 6) is 0.306. The molecule has 9 heteroatoms. The molecule has 0 saturated heterocycles. The third-order valence-corrected chi connectivity index (χ3v) is 6.08. The Morgan fingerprint density at radius 2 is 2.19 bits per heavy atom. The highest BCUT2D eigenvalue weighted by Crippen LogP contribution is 2.41. The van der Waals surface area contributed by atoms with Crippen molar-refractivity contribution in [3.8, 4) is 11.5 Å². The molecule has 32 heavy (non-hydrogen) atoms. The summed E-state index contributed by atoms with van der Waals surface area (Å²) in [7, 11) is 1.49. The number of furan rings is 1. The predicted octanol–water partition coefficient (Wildman–Crippen LogP) is 4.40. The van der Waals surface area contributed by atoms with Gasteiger partial charge in [-0.05, 0) is 31.1 Å². The number of nitrogen functional groups attached to an aromatic ring is 1. The molecule has 3 heterocycles. The summed E-state index contributed by atoms with van der Waals surface area (Å²) in [6.45, 7) is 5.01. The maximum atomic E-state index is 14.1. The predicted molar refractivity (Wildman–Crippen MR) is 124 cm³/mol. The third-order valence-electron chi connectivity index (χ3n) is 5.70. The van der Waals surface area contributed by atoms with Crippen molar-refractivity contribution in [2.24, 2.45) is 5.73 Å². The van der Waals surface area contributed by atoms with E-state index < -0.39 is 11.9 Å². The lowest BCUT2D eigenvalue weighted by Gasteiger charge is -2.25. The maximum absolute atomic E-state index is 14.1. The standard InChI is InChI=1S/C23H26ClFN4O3/c1-13(19-18(30-2)4-3-17(25)20(19)24)32-22-21-15(11-28-23(22)27)16(12-31-21)14-5-8-29(9-6-14)10-7-26/h3-5,11-13H,6-10,26H2,1-2H3,(H2,27,28)/t13-/m1/s1. The van der Waals surface area contributed by atoms with Crippen molar-refractivity contribution in [1.29, 1.82) is 0 Å². The molecule has 0 saturated carbocycles. The number of hydrogen-bond acceptors (Lipinski definition) is 7. The first-order chi connectivity index (χ1) is 15.4. The zero-order valence-corrected chi connectivity index (χ0v) is 18.8. The minimum absolute atomic E-state index is 0.0647.